The highest BCUT2D eigenvalue weighted by Crippen LogP contribution is 2.22. The number of hydrogen-bond acceptors (Lipinski definition) is 3. The van der Waals surface area contributed by atoms with E-state index in [0.29, 0.717) is 11.8 Å². The molecule has 1 aromatic heterocycles. The van der Waals surface area contributed by atoms with Crippen LogP contribution in [0.15, 0.2) is 5.51 Å². The van der Waals surface area contributed by atoms with Crippen LogP contribution < -0.4 is 0 Å². The summed E-state index contributed by atoms with van der Waals surface area (Å²) in [6.07, 6.45) is 1.02. The van der Waals surface area contributed by atoms with Crippen molar-refractivity contribution in [3.63, 3.8) is 0 Å². The van der Waals surface area contributed by atoms with Gasteiger partial charge in [-0.2, -0.15) is 0 Å². The van der Waals surface area contributed by atoms with Gasteiger partial charge in [-0.3, -0.25) is 4.79 Å². The Bertz CT molecular complexity index is 366. The third kappa shape index (κ3) is 2.16. The minimum Gasteiger partial charge on any atom is -0.338 e. The monoisotopic (exact) mass is 244 g/mol. The van der Waals surface area contributed by atoms with Crippen LogP contribution in [0.5, 0.6) is 0 Å². The molecule has 1 aliphatic rings. The molecule has 1 aromatic rings. The summed E-state index contributed by atoms with van der Waals surface area (Å²) in [5.74, 6) is 1.22. The molecule has 1 saturated heterocycles. The van der Waals surface area contributed by atoms with Crippen LogP contribution in [0, 0.1) is 12.8 Å². The van der Waals surface area contributed by atoms with Crippen LogP contribution in [0.25, 0.3) is 0 Å². The molecular formula is C10H13ClN2OS. The van der Waals surface area contributed by atoms with E-state index < -0.39 is 0 Å². The van der Waals surface area contributed by atoms with Crippen LogP contribution in [-0.4, -0.2) is 34.8 Å². The van der Waals surface area contributed by atoms with Gasteiger partial charge in [0.2, 0.25) is 0 Å². The standard InChI is InChI=1S/C10H13ClN2OS/c1-7-9(15-6-12-7)10(14)13-3-2-8(4-11)5-13/h6,8H,2-5H2,1H3. The van der Waals surface area contributed by atoms with E-state index >= 15 is 0 Å². The largest absolute Gasteiger partial charge is 0.338 e. The molecular weight excluding hydrogens is 232 g/mol. The molecule has 82 valence electrons. The molecule has 1 atom stereocenters. The van der Waals surface area contributed by atoms with E-state index in [1.165, 1.54) is 11.3 Å². The van der Waals surface area contributed by atoms with Gasteiger partial charge in [0, 0.05) is 19.0 Å². The first-order valence-corrected chi connectivity index (χ1v) is 6.39. The van der Waals surface area contributed by atoms with Gasteiger partial charge in [0.15, 0.2) is 0 Å². The number of halogens is 1. The van der Waals surface area contributed by atoms with Gasteiger partial charge in [0.25, 0.3) is 5.91 Å². The third-order valence-corrected chi connectivity index (χ3v) is 4.08. The van der Waals surface area contributed by atoms with Crippen molar-refractivity contribution in [1.29, 1.82) is 0 Å². The van der Waals surface area contributed by atoms with E-state index in [4.69, 9.17) is 11.6 Å². The molecule has 5 heteroatoms. The highest BCUT2D eigenvalue weighted by Gasteiger charge is 2.27. The summed E-state index contributed by atoms with van der Waals surface area (Å²) in [6.45, 7) is 3.49. The summed E-state index contributed by atoms with van der Waals surface area (Å²) in [6, 6.07) is 0. The molecule has 0 spiro atoms. The maximum Gasteiger partial charge on any atom is 0.265 e. The third-order valence-electron chi connectivity index (χ3n) is 2.73. The maximum absolute atomic E-state index is 12.0. The molecule has 1 aliphatic heterocycles. The van der Waals surface area contributed by atoms with Gasteiger partial charge in [0.1, 0.15) is 4.88 Å². The van der Waals surface area contributed by atoms with Crippen molar-refractivity contribution in [3.05, 3.63) is 16.1 Å². The van der Waals surface area contributed by atoms with Gasteiger partial charge >= 0.3 is 0 Å². The summed E-state index contributed by atoms with van der Waals surface area (Å²) in [5.41, 5.74) is 2.55. The quantitative estimate of drug-likeness (QED) is 0.747. The predicted octanol–water partition coefficient (Wildman–Crippen LogP) is 2.15. The number of thiazole rings is 1. The Hall–Kier alpha value is -0.610. The van der Waals surface area contributed by atoms with E-state index in [0.717, 1.165) is 30.1 Å². The van der Waals surface area contributed by atoms with Gasteiger partial charge in [-0.15, -0.1) is 22.9 Å². The molecule has 0 N–H and O–H groups in total. The van der Waals surface area contributed by atoms with Crippen LogP contribution in [0.3, 0.4) is 0 Å². The SMILES string of the molecule is Cc1ncsc1C(=O)N1CCC(CCl)C1. The van der Waals surface area contributed by atoms with E-state index in [9.17, 15) is 4.79 Å². The first-order valence-electron chi connectivity index (χ1n) is 4.97. The molecule has 0 bridgehead atoms. The van der Waals surface area contributed by atoms with Crippen LogP contribution in [0.4, 0.5) is 0 Å². The van der Waals surface area contributed by atoms with Gasteiger partial charge < -0.3 is 4.90 Å². The van der Waals surface area contributed by atoms with Crippen molar-refractivity contribution in [2.45, 2.75) is 13.3 Å². The molecule has 3 nitrogen and oxygen atoms in total. The Labute approximate surface area is 98.1 Å². The zero-order valence-corrected chi connectivity index (χ0v) is 10.1. The van der Waals surface area contributed by atoms with Gasteiger partial charge in [-0.05, 0) is 19.3 Å². The summed E-state index contributed by atoms with van der Waals surface area (Å²) in [4.78, 5) is 18.8. The second kappa shape index (κ2) is 4.49. The number of alkyl halides is 1. The maximum atomic E-state index is 12.0. The van der Waals surface area contributed by atoms with Crippen LogP contribution in [0.2, 0.25) is 0 Å². The number of hydrogen-bond donors (Lipinski definition) is 0. The Kier molecular flexibility index (Phi) is 3.26. The Balaban J connectivity index is 2.07. The van der Waals surface area contributed by atoms with Crippen molar-refractivity contribution >= 4 is 28.8 Å². The van der Waals surface area contributed by atoms with Gasteiger partial charge in [-0.25, -0.2) is 4.98 Å². The highest BCUT2D eigenvalue weighted by atomic mass is 35.5. The zero-order valence-electron chi connectivity index (χ0n) is 8.57. The number of aromatic nitrogens is 1. The molecule has 1 unspecified atom stereocenters. The Morgan fingerprint density at radius 3 is 3.13 bits per heavy atom. The van der Waals surface area contributed by atoms with Crippen molar-refractivity contribution < 1.29 is 4.79 Å². The number of aryl methyl sites for hydroxylation is 1. The molecule has 0 saturated carbocycles. The number of carbonyl (C=O) groups excluding carboxylic acids is 1. The molecule has 0 radical (unpaired) electrons. The van der Waals surface area contributed by atoms with Gasteiger partial charge in [0.05, 0.1) is 11.2 Å². The van der Waals surface area contributed by atoms with Crippen molar-refractivity contribution in [2.24, 2.45) is 5.92 Å². The fraction of sp³-hybridized carbons (Fsp3) is 0.600. The topological polar surface area (TPSA) is 33.2 Å². The van der Waals surface area contributed by atoms with Crippen molar-refractivity contribution in [1.82, 2.24) is 9.88 Å². The average Bonchev–Trinajstić information content (AvgIpc) is 2.84. The molecule has 1 amide bonds. The lowest BCUT2D eigenvalue weighted by molar-refractivity contribution is 0.0792. The van der Waals surface area contributed by atoms with Crippen LogP contribution in [-0.2, 0) is 0 Å². The minimum atomic E-state index is 0.114. The van der Waals surface area contributed by atoms with Crippen LogP contribution >= 0.6 is 22.9 Å². The molecule has 15 heavy (non-hydrogen) atoms. The van der Waals surface area contributed by atoms with Crippen molar-refractivity contribution in [3.8, 4) is 0 Å². The van der Waals surface area contributed by atoms with Crippen LogP contribution in [0.1, 0.15) is 21.8 Å². The predicted molar refractivity (Wildman–Crippen MR) is 61.6 cm³/mol. The Morgan fingerprint density at radius 1 is 1.80 bits per heavy atom. The molecule has 1 fully saturated rings. The smallest absolute Gasteiger partial charge is 0.265 e. The fourth-order valence-electron chi connectivity index (χ4n) is 1.79. The number of likely N-dealkylation sites (tertiary alicyclic amines) is 1. The Morgan fingerprint density at radius 2 is 2.60 bits per heavy atom. The number of rotatable bonds is 2. The van der Waals surface area contributed by atoms with E-state index in [2.05, 4.69) is 4.98 Å². The first kappa shape index (κ1) is 10.9. The second-order valence-electron chi connectivity index (χ2n) is 3.83. The normalized spacial score (nSPS) is 20.9. The lowest BCUT2D eigenvalue weighted by Gasteiger charge is -2.15. The minimum absolute atomic E-state index is 0.114. The summed E-state index contributed by atoms with van der Waals surface area (Å²) in [7, 11) is 0. The van der Waals surface area contributed by atoms with E-state index in [1.54, 1.807) is 5.51 Å². The van der Waals surface area contributed by atoms with E-state index in [1.807, 2.05) is 11.8 Å². The summed E-state index contributed by atoms with van der Waals surface area (Å²) >= 11 is 7.20. The lowest BCUT2D eigenvalue weighted by atomic mass is 10.2. The summed E-state index contributed by atoms with van der Waals surface area (Å²) < 4.78 is 0. The molecule has 0 aromatic carbocycles. The lowest BCUT2D eigenvalue weighted by Crippen LogP contribution is -2.28. The fourth-order valence-corrected chi connectivity index (χ4v) is 2.82. The van der Waals surface area contributed by atoms with E-state index in [-0.39, 0.29) is 5.91 Å². The number of carbonyl (C=O) groups is 1. The first-order chi connectivity index (χ1) is 7.22. The van der Waals surface area contributed by atoms with Crippen molar-refractivity contribution in [2.75, 3.05) is 19.0 Å². The average molecular weight is 245 g/mol. The molecule has 2 heterocycles. The number of amides is 1. The second-order valence-corrected chi connectivity index (χ2v) is 4.99. The van der Waals surface area contributed by atoms with Gasteiger partial charge in [-0.1, -0.05) is 0 Å². The molecule has 2 rings (SSSR count). The summed E-state index contributed by atoms with van der Waals surface area (Å²) in [5, 5.41) is 0. The molecule has 0 aliphatic carbocycles. The number of nitrogens with zero attached hydrogens (tertiary/aromatic N) is 2. The highest BCUT2D eigenvalue weighted by molar-refractivity contribution is 7.11. The zero-order chi connectivity index (χ0) is 10.8.